The minimum absolute atomic E-state index is 0.0358. The predicted octanol–water partition coefficient (Wildman–Crippen LogP) is 3.53. The maximum absolute atomic E-state index is 12.0. The second kappa shape index (κ2) is 7.87. The van der Waals surface area contributed by atoms with Crippen LogP contribution in [-0.4, -0.2) is 18.1 Å². The molecule has 122 valence electrons. The van der Waals surface area contributed by atoms with E-state index in [1.807, 2.05) is 44.4 Å². The number of carbonyl (C=O) groups excluding carboxylic acids is 2. The molecule has 0 radical (unpaired) electrons. The van der Waals surface area contributed by atoms with Crippen LogP contribution in [0.3, 0.4) is 0 Å². The highest BCUT2D eigenvalue weighted by Gasteiger charge is 2.11. The van der Waals surface area contributed by atoms with Crippen molar-refractivity contribution in [1.29, 1.82) is 0 Å². The van der Waals surface area contributed by atoms with Crippen molar-refractivity contribution in [3.05, 3.63) is 47.7 Å². The van der Waals surface area contributed by atoms with Crippen LogP contribution in [0.15, 0.2) is 45.9 Å². The Labute approximate surface area is 139 Å². The number of hydrogen-bond donors (Lipinski definition) is 2. The van der Waals surface area contributed by atoms with Gasteiger partial charge in [-0.25, -0.2) is 0 Å². The fourth-order valence-electron chi connectivity index (χ4n) is 1.87. The Balaban J connectivity index is 1.95. The third-order valence-electron chi connectivity index (χ3n) is 3.18. The Hall–Kier alpha value is -2.21. The first-order valence-corrected chi connectivity index (χ1v) is 8.54. The van der Waals surface area contributed by atoms with Crippen LogP contribution < -0.4 is 10.6 Å². The zero-order chi connectivity index (χ0) is 16.8. The molecule has 0 spiro atoms. The van der Waals surface area contributed by atoms with Crippen LogP contribution >= 0.6 is 11.8 Å². The lowest BCUT2D eigenvalue weighted by molar-refractivity contribution is -0.118. The molecule has 2 rings (SSSR count). The number of thioether (sulfide) groups is 1. The summed E-state index contributed by atoms with van der Waals surface area (Å²) in [4.78, 5) is 23.7. The van der Waals surface area contributed by atoms with Gasteiger partial charge in [-0.3, -0.25) is 9.59 Å². The molecule has 2 amide bonds. The summed E-state index contributed by atoms with van der Waals surface area (Å²) < 4.78 is 5.38. The second-order valence-electron chi connectivity index (χ2n) is 5.35. The van der Waals surface area contributed by atoms with Gasteiger partial charge < -0.3 is 15.1 Å². The van der Waals surface area contributed by atoms with Crippen molar-refractivity contribution in [2.24, 2.45) is 5.92 Å². The minimum atomic E-state index is -0.262. The summed E-state index contributed by atoms with van der Waals surface area (Å²) >= 11 is 1.44. The van der Waals surface area contributed by atoms with Gasteiger partial charge in [0.2, 0.25) is 5.91 Å². The quantitative estimate of drug-likeness (QED) is 0.794. The molecule has 6 heteroatoms. The normalized spacial score (nSPS) is 10.6. The summed E-state index contributed by atoms with van der Waals surface area (Å²) in [6.45, 7) is 4.04. The number of anilines is 1. The molecule has 0 aliphatic heterocycles. The monoisotopic (exact) mass is 332 g/mol. The first-order chi connectivity index (χ1) is 11.0. The molecule has 0 bridgehead atoms. The lowest BCUT2D eigenvalue weighted by Crippen LogP contribution is -2.22. The molecular formula is C17H20N2O3S. The fraction of sp³-hybridized carbons (Fsp3) is 0.294. The Morgan fingerprint density at radius 2 is 2.00 bits per heavy atom. The van der Waals surface area contributed by atoms with E-state index in [4.69, 9.17) is 4.42 Å². The molecule has 0 atom stereocenters. The molecular weight excluding hydrogens is 312 g/mol. The first kappa shape index (κ1) is 17.1. The number of hydrogen-bond acceptors (Lipinski definition) is 4. The summed E-state index contributed by atoms with van der Waals surface area (Å²) in [5.74, 6) is -0.0881. The Morgan fingerprint density at radius 1 is 1.22 bits per heavy atom. The summed E-state index contributed by atoms with van der Waals surface area (Å²) in [5, 5.41) is 6.34. The molecule has 1 aromatic carbocycles. The molecule has 2 N–H and O–H groups in total. The van der Waals surface area contributed by atoms with Crippen LogP contribution in [0.5, 0.6) is 0 Å². The molecule has 0 fully saturated rings. The van der Waals surface area contributed by atoms with E-state index in [-0.39, 0.29) is 17.7 Å². The van der Waals surface area contributed by atoms with Gasteiger partial charge in [0.05, 0.1) is 0 Å². The maximum Gasteiger partial charge on any atom is 0.287 e. The van der Waals surface area contributed by atoms with E-state index < -0.39 is 0 Å². The van der Waals surface area contributed by atoms with Gasteiger partial charge in [0.15, 0.2) is 10.9 Å². The molecule has 0 saturated carbocycles. The molecule has 0 saturated heterocycles. The summed E-state index contributed by atoms with van der Waals surface area (Å²) in [7, 11) is 0. The van der Waals surface area contributed by atoms with Crippen molar-refractivity contribution in [1.82, 2.24) is 5.32 Å². The Morgan fingerprint density at radius 3 is 2.65 bits per heavy atom. The number of rotatable bonds is 6. The van der Waals surface area contributed by atoms with Crippen LogP contribution in [0.25, 0.3) is 0 Å². The summed E-state index contributed by atoms with van der Waals surface area (Å²) in [6.07, 6.45) is 1.89. The van der Waals surface area contributed by atoms with Crippen molar-refractivity contribution < 1.29 is 14.0 Å². The summed E-state index contributed by atoms with van der Waals surface area (Å²) in [6, 6.07) is 10.8. The van der Waals surface area contributed by atoms with Crippen LogP contribution in [-0.2, 0) is 11.3 Å². The van der Waals surface area contributed by atoms with Crippen LogP contribution in [0, 0.1) is 5.92 Å². The van der Waals surface area contributed by atoms with Gasteiger partial charge in [-0.15, -0.1) is 0 Å². The van der Waals surface area contributed by atoms with Crippen molar-refractivity contribution >= 4 is 29.3 Å². The van der Waals surface area contributed by atoms with Gasteiger partial charge in [0.25, 0.3) is 5.91 Å². The van der Waals surface area contributed by atoms with E-state index >= 15 is 0 Å². The Kier molecular flexibility index (Phi) is 5.87. The SMILES string of the molecule is CSc1ccc(C(=O)NCc2cccc(NC(=O)C(C)C)c2)o1. The van der Waals surface area contributed by atoms with Crippen LogP contribution in [0.4, 0.5) is 5.69 Å². The van der Waals surface area contributed by atoms with Crippen molar-refractivity contribution in [2.45, 2.75) is 25.5 Å². The van der Waals surface area contributed by atoms with Gasteiger partial charge in [0.1, 0.15) is 0 Å². The fourth-order valence-corrected chi connectivity index (χ4v) is 2.24. The molecule has 0 aliphatic carbocycles. The largest absolute Gasteiger partial charge is 0.445 e. The van der Waals surface area contributed by atoms with E-state index in [0.29, 0.717) is 17.4 Å². The lowest BCUT2D eigenvalue weighted by atomic mass is 10.1. The zero-order valence-electron chi connectivity index (χ0n) is 13.4. The lowest BCUT2D eigenvalue weighted by Gasteiger charge is -2.09. The number of carbonyl (C=O) groups is 2. The van der Waals surface area contributed by atoms with E-state index in [0.717, 1.165) is 11.3 Å². The zero-order valence-corrected chi connectivity index (χ0v) is 14.2. The van der Waals surface area contributed by atoms with Crippen molar-refractivity contribution in [2.75, 3.05) is 11.6 Å². The van der Waals surface area contributed by atoms with Crippen LogP contribution in [0.2, 0.25) is 0 Å². The third-order valence-corrected chi connectivity index (χ3v) is 3.80. The molecule has 5 nitrogen and oxygen atoms in total. The van der Waals surface area contributed by atoms with Gasteiger partial charge in [0, 0.05) is 18.2 Å². The van der Waals surface area contributed by atoms with E-state index in [1.54, 1.807) is 12.1 Å². The van der Waals surface area contributed by atoms with Gasteiger partial charge >= 0.3 is 0 Å². The molecule has 0 unspecified atom stereocenters. The van der Waals surface area contributed by atoms with E-state index in [1.165, 1.54) is 11.8 Å². The molecule has 23 heavy (non-hydrogen) atoms. The Bertz CT molecular complexity index is 695. The van der Waals surface area contributed by atoms with Crippen molar-refractivity contribution in [3.63, 3.8) is 0 Å². The second-order valence-corrected chi connectivity index (χ2v) is 6.16. The van der Waals surface area contributed by atoms with Crippen molar-refractivity contribution in [3.8, 4) is 0 Å². The van der Waals surface area contributed by atoms with E-state index in [9.17, 15) is 9.59 Å². The van der Waals surface area contributed by atoms with Gasteiger partial charge in [-0.05, 0) is 36.1 Å². The minimum Gasteiger partial charge on any atom is -0.445 e. The highest BCUT2D eigenvalue weighted by atomic mass is 32.2. The molecule has 1 aromatic heterocycles. The van der Waals surface area contributed by atoms with Gasteiger partial charge in [-0.1, -0.05) is 37.7 Å². The maximum atomic E-state index is 12.0. The van der Waals surface area contributed by atoms with Gasteiger partial charge in [-0.2, -0.15) is 0 Å². The number of furan rings is 1. The predicted molar refractivity (Wildman–Crippen MR) is 91.6 cm³/mol. The smallest absolute Gasteiger partial charge is 0.287 e. The molecule has 1 heterocycles. The van der Waals surface area contributed by atoms with Crippen LogP contribution in [0.1, 0.15) is 30.0 Å². The summed E-state index contributed by atoms with van der Waals surface area (Å²) in [5.41, 5.74) is 1.62. The average molecular weight is 332 g/mol. The highest BCUT2D eigenvalue weighted by molar-refractivity contribution is 7.98. The molecule has 0 aliphatic rings. The van der Waals surface area contributed by atoms with E-state index in [2.05, 4.69) is 10.6 Å². The third kappa shape index (κ3) is 4.89. The number of nitrogens with one attached hydrogen (secondary N) is 2. The highest BCUT2D eigenvalue weighted by Crippen LogP contribution is 2.18. The number of amides is 2. The standard InChI is InChI=1S/C17H20N2O3S/c1-11(2)16(20)19-13-6-4-5-12(9-13)10-18-17(21)14-7-8-15(22-14)23-3/h4-9,11H,10H2,1-3H3,(H,18,21)(H,19,20). The average Bonchev–Trinajstić information content (AvgIpc) is 3.02. The first-order valence-electron chi connectivity index (χ1n) is 7.31. The topological polar surface area (TPSA) is 71.3 Å². The number of benzene rings is 1. The molecule has 2 aromatic rings.